The summed E-state index contributed by atoms with van der Waals surface area (Å²) >= 11 is 0. The van der Waals surface area contributed by atoms with Gasteiger partial charge in [0, 0.05) is 30.4 Å². The van der Waals surface area contributed by atoms with E-state index in [1.54, 1.807) is 19.3 Å². The summed E-state index contributed by atoms with van der Waals surface area (Å²) < 4.78 is 1.42. The van der Waals surface area contributed by atoms with Gasteiger partial charge in [-0.25, -0.2) is 4.98 Å². The van der Waals surface area contributed by atoms with Crippen LogP contribution in [0.3, 0.4) is 0 Å². The first kappa shape index (κ1) is 15.8. The summed E-state index contributed by atoms with van der Waals surface area (Å²) in [6.07, 6.45) is 1.57. The number of hydrogen-bond donors (Lipinski definition) is 2. The molecular weight excluding hydrogens is 328 g/mol. The summed E-state index contributed by atoms with van der Waals surface area (Å²) in [6, 6.07) is 18.1. The number of aromatic nitrogens is 3. The molecule has 0 spiro atoms. The minimum absolute atomic E-state index is 0.233. The van der Waals surface area contributed by atoms with E-state index in [4.69, 9.17) is 0 Å². The standard InChI is InChI=1S/C20H16N4O2/c1-24-11-10-13(12-18(24)25)20(26)23-15-7-3-2-6-14(15)19-21-16-8-4-5-9-17(16)22-19/h2-12H,1H3,(H,21,22)(H,23,26). The maximum atomic E-state index is 12.5. The van der Waals surface area contributed by atoms with Gasteiger partial charge in [-0.3, -0.25) is 9.59 Å². The number of aromatic amines is 1. The summed E-state index contributed by atoms with van der Waals surface area (Å²) in [5.74, 6) is 0.331. The third-order valence-corrected chi connectivity index (χ3v) is 4.19. The minimum atomic E-state index is -0.341. The Bertz CT molecular complexity index is 1140. The van der Waals surface area contributed by atoms with E-state index in [9.17, 15) is 9.59 Å². The number of rotatable bonds is 3. The zero-order chi connectivity index (χ0) is 18.1. The Hall–Kier alpha value is -3.67. The summed E-state index contributed by atoms with van der Waals surface area (Å²) in [5.41, 5.74) is 3.26. The van der Waals surface area contributed by atoms with Gasteiger partial charge in [-0.1, -0.05) is 24.3 Å². The number of carbonyl (C=O) groups is 1. The smallest absolute Gasteiger partial charge is 0.255 e. The number of aryl methyl sites for hydroxylation is 1. The van der Waals surface area contributed by atoms with Crippen LogP contribution in [-0.4, -0.2) is 20.4 Å². The number of pyridine rings is 1. The third kappa shape index (κ3) is 2.88. The molecule has 0 radical (unpaired) electrons. The van der Waals surface area contributed by atoms with E-state index < -0.39 is 0 Å². The molecule has 0 atom stereocenters. The van der Waals surface area contributed by atoms with Crippen molar-refractivity contribution >= 4 is 22.6 Å². The maximum Gasteiger partial charge on any atom is 0.255 e. The van der Waals surface area contributed by atoms with Crippen LogP contribution in [0.1, 0.15) is 10.4 Å². The van der Waals surface area contributed by atoms with Crippen molar-refractivity contribution in [3.63, 3.8) is 0 Å². The van der Waals surface area contributed by atoms with Crippen LogP contribution in [0.2, 0.25) is 0 Å². The van der Waals surface area contributed by atoms with E-state index in [0.29, 0.717) is 17.1 Å². The fraction of sp³-hybridized carbons (Fsp3) is 0.0500. The SMILES string of the molecule is Cn1ccc(C(=O)Nc2ccccc2-c2nc3ccccc3[nH]2)cc1=O. The Morgan fingerprint density at radius 1 is 1.08 bits per heavy atom. The number of fused-ring (bicyclic) bond motifs is 1. The van der Waals surface area contributed by atoms with Crippen LogP contribution in [0.25, 0.3) is 22.4 Å². The molecule has 2 aromatic heterocycles. The second-order valence-electron chi connectivity index (χ2n) is 5.97. The van der Waals surface area contributed by atoms with E-state index in [1.165, 1.54) is 10.6 Å². The van der Waals surface area contributed by atoms with Gasteiger partial charge in [-0.05, 0) is 30.3 Å². The number of anilines is 1. The van der Waals surface area contributed by atoms with E-state index in [-0.39, 0.29) is 11.5 Å². The zero-order valence-corrected chi connectivity index (χ0v) is 14.1. The highest BCUT2D eigenvalue weighted by atomic mass is 16.2. The Morgan fingerprint density at radius 3 is 2.65 bits per heavy atom. The number of benzene rings is 2. The molecule has 26 heavy (non-hydrogen) atoms. The molecule has 2 heterocycles. The van der Waals surface area contributed by atoms with Crippen LogP contribution in [0, 0.1) is 0 Å². The molecule has 4 rings (SSSR count). The number of amides is 1. The monoisotopic (exact) mass is 344 g/mol. The van der Waals surface area contributed by atoms with Crippen molar-refractivity contribution in [3.05, 3.63) is 82.8 Å². The third-order valence-electron chi connectivity index (χ3n) is 4.19. The van der Waals surface area contributed by atoms with Crippen LogP contribution < -0.4 is 10.9 Å². The van der Waals surface area contributed by atoms with Crippen LogP contribution in [0.15, 0.2) is 71.7 Å². The van der Waals surface area contributed by atoms with Gasteiger partial charge < -0.3 is 14.9 Å². The Labute approximate surface area is 149 Å². The molecule has 6 nitrogen and oxygen atoms in total. The van der Waals surface area contributed by atoms with Crippen LogP contribution in [0.5, 0.6) is 0 Å². The van der Waals surface area contributed by atoms with Gasteiger partial charge in [0.1, 0.15) is 5.82 Å². The van der Waals surface area contributed by atoms with E-state index in [2.05, 4.69) is 15.3 Å². The van der Waals surface area contributed by atoms with E-state index >= 15 is 0 Å². The number of hydrogen-bond acceptors (Lipinski definition) is 3. The molecular formula is C20H16N4O2. The molecule has 128 valence electrons. The molecule has 2 N–H and O–H groups in total. The zero-order valence-electron chi connectivity index (χ0n) is 14.1. The molecule has 0 aliphatic carbocycles. The first-order chi connectivity index (χ1) is 12.6. The van der Waals surface area contributed by atoms with Crippen LogP contribution in [-0.2, 0) is 7.05 Å². The van der Waals surface area contributed by atoms with Crippen molar-refractivity contribution in [2.45, 2.75) is 0 Å². The number of imidazole rings is 1. The largest absolute Gasteiger partial charge is 0.338 e. The quantitative estimate of drug-likeness (QED) is 0.599. The minimum Gasteiger partial charge on any atom is -0.338 e. The maximum absolute atomic E-state index is 12.5. The van der Waals surface area contributed by atoms with E-state index in [1.807, 2.05) is 48.5 Å². The summed E-state index contributed by atoms with van der Waals surface area (Å²) in [7, 11) is 1.64. The van der Waals surface area contributed by atoms with Crippen molar-refractivity contribution in [1.82, 2.24) is 14.5 Å². The second kappa shape index (κ2) is 6.33. The molecule has 6 heteroatoms. The number of H-pyrrole nitrogens is 1. The lowest BCUT2D eigenvalue weighted by molar-refractivity contribution is 0.102. The van der Waals surface area contributed by atoms with Gasteiger partial charge in [0.15, 0.2) is 0 Å². The highest BCUT2D eigenvalue weighted by Gasteiger charge is 2.13. The topological polar surface area (TPSA) is 79.8 Å². The highest BCUT2D eigenvalue weighted by Crippen LogP contribution is 2.27. The molecule has 2 aromatic carbocycles. The van der Waals surface area contributed by atoms with Crippen molar-refractivity contribution in [1.29, 1.82) is 0 Å². The Morgan fingerprint density at radius 2 is 1.85 bits per heavy atom. The fourth-order valence-corrected chi connectivity index (χ4v) is 2.76. The number of carbonyl (C=O) groups excluding carboxylic acids is 1. The molecule has 0 unspecified atom stereocenters. The molecule has 0 fully saturated rings. The summed E-state index contributed by atoms with van der Waals surface area (Å²) in [5, 5.41) is 2.87. The van der Waals surface area contributed by atoms with E-state index in [0.717, 1.165) is 16.6 Å². The first-order valence-corrected chi connectivity index (χ1v) is 8.14. The van der Waals surface area contributed by atoms with Gasteiger partial charge in [-0.15, -0.1) is 0 Å². The van der Waals surface area contributed by atoms with Crippen molar-refractivity contribution in [3.8, 4) is 11.4 Å². The normalized spacial score (nSPS) is 10.8. The van der Waals surface area contributed by atoms with Crippen molar-refractivity contribution < 1.29 is 4.79 Å². The number of para-hydroxylation sites is 3. The van der Waals surface area contributed by atoms with Gasteiger partial charge in [0.25, 0.3) is 11.5 Å². The van der Waals surface area contributed by atoms with Crippen LogP contribution >= 0.6 is 0 Å². The molecule has 0 aliphatic rings. The lowest BCUT2D eigenvalue weighted by atomic mass is 10.1. The molecule has 0 bridgehead atoms. The predicted octanol–water partition coefficient (Wildman–Crippen LogP) is 3.18. The molecule has 0 saturated carbocycles. The second-order valence-corrected chi connectivity index (χ2v) is 5.97. The molecule has 1 amide bonds. The van der Waals surface area contributed by atoms with Gasteiger partial charge in [0.2, 0.25) is 0 Å². The lowest BCUT2D eigenvalue weighted by Crippen LogP contribution is -2.20. The Kier molecular flexibility index (Phi) is 3.85. The predicted molar refractivity (Wildman–Crippen MR) is 101 cm³/mol. The lowest BCUT2D eigenvalue weighted by Gasteiger charge is -2.09. The number of nitrogens with one attached hydrogen (secondary N) is 2. The first-order valence-electron chi connectivity index (χ1n) is 8.14. The summed E-state index contributed by atoms with van der Waals surface area (Å²) in [4.78, 5) is 32.2. The average Bonchev–Trinajstić information content (AvgIpc) is 3.08. The molecule has 0 aliphatic heterocycles. The van der Waals surface area contributed by atoms with Gasteiger partial charge >= 0.3 is 0 Å². The highest BCUT2D eigenvalue weighted by molar-refractivity contribution is 6.06. The van der Waals surface area contributed by atoms with Crippen LogP contribution in [0.4, 0.5) is 5.69 Å². The van der Waals surface area contributed by atoms with Crippen molar-refractivity contribution in [2.24, 2.45) is 7.05 Å². The number of nitrogens with zero attached hydrogens (tertiary/aromatic N) is 2. The average molecular weight is 344 g/mol. The fourth-order valence-electron chi connectivity index (χ4n) is 2.76. The van der Waals surface area contributed by atoms with Crippen molar-refractivity contribution in [2.75, 3.05) is 5.32 Å². The summed E-state index contributed by atoms with van der Waals surface area (Å²) in [6.45, 7) is 0. The Balaban J connectivity index is 1.70. The van der Waals surface area contributed by atoms with Gasteiger partial charge in [-0.2, -0.15) is 0 Å². The molecule has 4 aromatic rings. The van der Waals surface area contributed by atoms with Gasteiger partial charge in [0.05, 0.1) is 16.7 Å². The molecule has 0 saturated heterocycles.